The molecule has 2 nitrogen and oxygen atoms in total. The average molecular weight is 316 g/mol. The SMILES string of the molecule is CCNC(COc1cccc(Cl)c1)c1sccc1Cl. The number of benzene rings is 1. The maximum absolute atomic E-state index is 6.17. The summed E-state index contributed by atoms with van der Waals surface area (Å²) in [5, 5.41) is 6.82. The zero-order valence-electron chi connectivity index (χ0n) is 10.5. The van der Waals surface area contributed by atoms with Crippen LogP contribution in [0.1, 0.15) is 17.8 Å². The second-order valence-electron chi connectivity index (χ2n) is 4.01. The molecule has 1 aromatic carbocycles. The van der Waals surface area contributed by atoms with Gasteiger partial charge in [-0.3, -0.25) is 0 Å². The molecule has 2 rings (SSSR count). The molecular weight excluding hydrogens is 301 g/mol. The van der Waals surface area contributed by atoms with Gasteiger partial charge in [0.1, 0.15) is 12.4 Å². The van der Waals surface area contributed by atoms with Gasteiger partial charge in [0.05, 0.1) is 11.1 Å². The number of hydrogen-bond donors (Lipinski definition) is 1. The highest BCUT2D eigenvalue weighted by Crippen LogP contribution is 2.29. The smallest absolute Gasteiger partial charge is 0.120 e. The molecule has 1 heterocycles. The summed E-state index contributed by atoms with van der Waals surface area (Å²) in [5.74, 6) is 0.767. The van der Waals surface area contributed by atoms with Crippen LogP contribution in [0.25, 0.3) is 0 Å². The van der Waals surface area contributed by atoms with E-state index in [1.165, 1.54) is 0 Å². The van der Waals surface area contributed by atoms with Crippen molar-refractivity contribution in [3.63, 3.8) is 0 Å². The number of hydrogen-bond acceptors (Lipinski definition) is 3. The lowest BCUT2D eigenvalue weighted by Gasteiger charge is -2.18. The molecule has 1 N–H and O–H groups in total. The van der Waals surface area contributed by atoms with E-state index in [0.717, 1.165) is 22.2 Å². The fraction of sp³-hybridized carbons (Fsp3) is 0.286. The minimum absolute atomic E-state index is 0.0940. The van der Waals surface area contributed by atoms with Crippen LogP contribution in [0.3, 0.4) is 0 Å². The van der Waals surface area contributed by atoms with E-state index in [-0.39, 0.29) is 6.04 Å². The molecule has 0 radical (unpaired) electrons. The first-order valence-corrected chi connectivity index (χ1v) is 7.69. The lowest BCUT2D eigenvalue weighted by Crippen LogP contribution is -2.26. The highest BCUT2D eigenvalue weighted by atomic mass is 35.5. The van der Waals surface area contributed by atoms with Crippen molar-refractivity contribution in [1.29, 1.82) is 0 Å². The Labute approximate surface area is 127 Å². The normalized spacial score (nSPS) is 12.4. The van der Waals surface area contributed by atoms with Gasteiger partial charge in [0.15, 0.2) is 0 Å². The van der Waals surface area contributed by atoms with Gasteiger partial charge in [-0.05, 0) is 36.2 Å². The molecule has 5 heteroatoms. The van der Waals surface area contributed by atoms with Crippen LogP contribution >= 0.6 is 34.5 Å². The molecule has 1 atom stereocenters. The van der Waals surface area contributed by atoms with E-state index < -0.39 is 0 Å². The molecular formula is C14H15Cl2NOS. The lowest BCUT2D eigenvalue weighted by molar-refractivity contribution is 0.270. The van der Waals surface area contributed by atoms with Crippen molar-refractivity contribution >= 4 is 34.5 Å². The van der Waals surface area contributed by atoms with Crippen molar-refractivity contribution in [2.24, 2.45) is 0 Å². The molecule has 1 aromatic heterocycles. The largest absolute Gasteiger partial charge is 0.492 e. The second-order valence-corrected chi connectivity index (χ2v) is 5.80. The predicted octanol–water partition coefficient (Wildman–Crippen LogP) is 4.78. The van der Waals surface area contributed by atoms with E-state index in [1.807, 2.05) is 29.6 Å². The van der Waals surface area contributed by atoms with E-state index in [9.17, 15) is 0 Å². The zero-order valence-corrected chi connectivity index (χ0v) is 12.9. The first-order chi connectivity index (χ1) is 9.20. The molecule has 102 valence electrons. The maximum atomic E-state index is 6.17. The number of ether oxygens (including phenoxy) is 1. The van der Waals surface area contributed by atoms with Crippen LogP contribution in [0, 0.1) is 0 Å². The molecule has 1 unspecified atom stereocenters. The zero-order chi connectivity index (χ0) is 13.7. The topological polar surface area (TPSA) is 21.3 Å². The Bertz CT molecular complexity index is 530. The summed E-state index contributed by atoms with van der Waals surface area (Å²) in [4.78, 5) is 1.10. The standard InChI is InChI=1S/C14H15Cl2NOS/c1-2-17-13(14-12(16)6-7-19-14)9-18-11-5-3-4-10(15)8-11/h3-8,13,17H,2,9H2,1H3. The highest BCUT2D eigenvalue weighted by Gasteiger charge is 2.16. The number of rotatable bonds is 6. The molecule has 0 saturated carbocycles. The number of nitrogens with one attached hydrogen (secondary N) is 1. The highest BCUT2D eigenvalue weighted by molar-refractivity contribution is 7.10. The first-order valence-electron chi connectivity index (χ1n) is 6.05. The van der Waals surface area contributed by atoms with Gasteiger partial charge in [-0.25, -0.2) is 0 Å². The predicted molar refractivity (Wildman–Crippen MR) is 82.7 cm³/mol. The van der Waals surface area contributed by atoms with Crippen molar-refractivity contribution in [1.82, 2.24) is 5.32 Å². The molecule has 0 aliphatic carbocycles. The molecule has 0 amide bonds. The quantitative estimate of drug-likeness (QED) is 0.828. The van der Waals surface area contributed by atoms with Crippen molar-refractivity contribution in [2.75, 3.05) is 13.2 Å². The van der Waals surface area contributed by atoms with Crippen LogP contribution in [-0.2, 0) is 0 Å². The monoisotopic (exact) mass is 315 g/mol. The Kier molecular flexibility index (Phi) is 5.52. The Morgan fingerprint density at radius 1 is 1.32 bits per heavy atom. The summed E-state index contributed by atoms with van der Waals surface area (Å²) >= 11 is 13.7. The van der Waals surface area contributed by atoms with Gasteiger partial charge in [-0.15, -0.1) is 11.3 Å². The fourth-order valence-corrected chi connectivity index (χ4v) is 3.19. The van der Waals surface area contributed by atoms with Crippen LogP contribution in [-0.4, -0.2) is 13.2 Å². The van der Waals surface area contributed by atoms with Crippen LogP contribution in [0.2, 0.25) is 10.0 Å². The van der Waals surface area contributed by atoms with Gasteiger partial charge < -0.3 is 10.1 Å². The van der Waals surface area contributed by atoms with E-state index in [4.69, 9.17) is 27.9 Å². The molecule has 0 bridgehead atoms. The van der Waals surface area contributed by atoms with Crippen molar-refractivity contribution in [2.45, 2.75) is 13.0 Å². The molecule has 0 aliphatic rings. The van der Waals surface area contributed by atoms with Crippen molar-refractivity contribution in [3.8, 4) is 5.75 Å². The van der Waals surface area contributed by atoms with Gasteiger partial charge in [-0.1, -0.05) is 36.2 Å². The Morgan fingerprint density at radius 2 is 2.16 bits per heavy atom. The molecule has 0 spiro atoms. The Hall–Kier alpha value is -0.740. The Balaban J connectivity index is 2.04. The maximum Gasteiger partial charge on any atom is 0.120 e. The summed E-state index contributed by atoms with van der Waals surface area (Å²) in [7, 11) is 0. The first kappa shape index (κ1) is 14.7. The minimum Gasteiger partial charge on any atom is -0.492 e. The van der Waals surface area contributed by atoms with Crippen LogP contribution in [0.5, 0.6) is 5.75 Å². The summed E-state index contributed by atoms with van der Waals surface area (Å²) in [6, 6.07) is 9.40. The summed E-state index contributed by atoms with van der Waals surface area (Å²) in [5.41, 5.74) is 0. The Morgan fingerprint density at radius 3 is 2.79 bits per heavy atom. The number of thiophene rings is 1. The van der Waals surface area contributed by atoms with Crippen molar-refractivity contribution < 1.29 is 4.74 Å². The number of likely N-dealkylation sites (N-methyl/N-ethyl adjacent to an activating group) is 1. The van der Waals surface area contributed by atoms with Gasteiger partial charge in [0.25, 0.3) is 0 Å². The molecule has 2 aromatic rings. The third-order valence-corrected chi connectivity index (χ3v) is 4.33. The van der Waals surface area contributed by atoms with Crippen LogP contribution in [0.15, 0.2) is 35.7 Å². The second kappa shape index (κ2) is 7.15. The summed E-state index contributed by atoms with van der Waals surface area (Å²) in [6.07, 6.45) is 0. The van der Waals surface area contributed by atoms with Crippen molar-refractivity contribution in [3.05, 3.63) is 50.6 Å². The third kappa shape index (κ3) is 4.11. The molecule has 0 aliphatic heterocycles. The van der Waals surface area contributed by atoms with E-state index in [2.05, 4.69) is 12.2 Å². The minimum atomic E-state index is 0.0940. The van der Waals surface area contributed by atoms with E-state index >= 15 is 0 Å². The van der Waals surface area contributed by atoms with E-state index in [1.54, 1.807) is 17.4 Å². The molecule has 0 saturated heterocycles. The van der Waals surface area contributed by atoms with Gasteiger partial charge >= 0.3 is 0 Å². The average Bonchev–Trinajstić information content (AvgIpc) is 2.81. The summed E-state index contributed by atoms with van der Waals surface area (Å²) < 4.78 is 5.78. The van der Waals surface area contributed by atoms with Gasteiger partial charge in [0.2, 0.25) is 0 Å². The van der Waals surface area contributed by atoms with Crippen LogP contribution in [0.4, 0.5) is 0 Å². The fourth-order valence-electron chi connectivity index (χ4n) is 1.76. The van der Waals surface area contributed by atoms with Crippen LogP contribution < -0.4 is 10.1 Å². The molecule has 19 heavy (non-hydrogen) atoms. The number of halogens is 2. The lowest BCUT2D eigenvalue weighted by atomic mass is 10.2. The van der Waals surface area contributed by atoms with Gasteiger partial charge in [0, 0.05) is 9.90 Å². The van der Waals surface area contributed by atoms with Gasteiger partial charge in [-0.2, -0.15) is 0 Å². The molecule has 0 fully saturated rings. The third-order valence-electron chi connectivity index (χ3n) is 2.62. The van der Waals surface area contributed by atoms with E-state index in [0.29, 0.717) is 11.6 Å². The summed E-state index contributed by atoms with van der Waals surface area (Å²) in [6.45, 7) is 3.44.